The van der Waals surface area contributed by atoms with Gasteiger partial charge in [0.1, 0.15) is 5.75 Å². The molecule has 0 unspecified atom stereocenters. The zero-order valence-corrected chi connectivity index (χ0v) is 16.3. The molecule has 0 saturated carbocycles. The minimum atomic E-state index is -0.383. The van der Waals surface area contributed by atoms with E-state index in [0.29, 0.717) is 33.5 Å². The zero-order valence-electron chi connectivity index (χ0n) is 15.5. The van der Waals surface area contributed by atoms with Gasteiger partial charge in [0.15, 0.2) is 11.5 Å². The van der Waals surface area contributed by atoms with Gasteiger partial charge in [-0.05, 0) is 36.4 Å². The SMILES string of the molecule is COc1ccc(Cl)cc1NC(=O)CN(C)C(=O)c1ccc(OC)c(OC)c1. The van der Waals surface area contributed by atoms with Crippen molar-refractivity contribution < 1.29 is 23.8 Å². The number of benzene rings is 2. The molecule has 0 aliphatic carbocycles. The zero-order chi connectivity index (χ0) is 20.0. The van der Waals surface area contributed by atoms with Crippen LogP contribution in [-0.2, 0) is 4.79 Å². The molecule has 0 aromatic heterocycles. The number of anilines is 1. The molecule has 0 saturated heterocycles. The molecule has 27 heavy (non-hydrogen) atoms. The highest BCUT2D eigenvalue weighted by molar-refractivity contribution is 6.31. The van der Waals surface area contributed by atoms with Crippen LogP contribution in [0.4, 0.5) is 5.69 Å². The number of nitrogens with zero attached hydrogens (tertiary/aromatic N) is 1. The Hall–Kier alpha value is -2.93. The predicted octanol–water partition coefficient (Wildman–Crippen LogP) is 3.08. The second kappa shape index (κ2) is 9.14. The Labute approximate surface area is 162 Å². The number of hydrogen-bond acceptors (Lipinski definition) is 5. The van der Waals surface area contributed by atoms with E-state index in [1.54, 1.807) is 36.4 Å². The first-order valence-electron chi connectivity index (χ1n) is 8.00. The summed E-state index contributed by atoms with van der Waals surface area (Å²) in [7, 11) is 6.03. The number of carbonyl (C=O) groups excluding carboxylic acids is 2. The van der Waals surface area contributed by atoms with Crippen molar-refractivity contribution in [2.45, 2.75) is 0 Å². The summed E-state index contributed by atoms with van der Waals surface area (Å²) < 4.78 is 15.6. The normalized spacial score (nSPS) is 10.1. The predicted molar refractivity (Wildman–Crippen MR) is 103 cm³/mol. The third-order valence-electron chi connectivity index (χ3n) is 3.79. The number of halogens is 1. The molecule has 0 bridgehead atoms. The smallest absolute Gasteiger partial charge is 0.254 e. The second-order valence-corrected chi connectivity index (χ2v) is 6.06. The minimum Gasteiger partial charge on any atom is -0.495 e. The third-order valence-corrected chi connectivity index (χ3v) is 4.03. The largest absolute Gasteiger partial charge is 0.495 e. The van der Waals surface area contributed by atoms with Crippen LogP contribution in [-0.4, -0.2) is 51.6 Å². The van der Waals surface area contributed by atoms with Gasteiger partial charge < -0.3 is 24.4 Å². The van der Waals surface area contributed by atoms with Gasteiger partial charge in [0.2, 0.25) is 5.91 Å². The van der Waals surface area contributed by atoms with Gasteiger partial charge in [0, 0.05) is 17.6 Å². The standard InChI is InChI=1S/C19H21ClN2O5/c1-22(19(24)12-5-7-16(26-3)17(9-12)27-4)11-18(23)21-14-10-13(20)6-8-15(14)25-2/h5-10H,11H2,1-4H3,(H,21,23). The summed E-state index contributed by atoms with van der Waals surface area (Å²) in [6, 6.07) is 9.69. The van der Waals surface area contributed by atoms with Crippen LogP contribution >= 0.6 is 11.6 Å². The Morgan fingerprint density at radius 2 is 1.59 bits per heavy atom. The van der Waals surface area contributed by atoms with Crippen LogP contribution in [0.25, 0.3) is 0 Å². The average molecular weight is 393 g/mol. The molecule has 2 aromatic rings. The van der Waals surface area contributed by atoms with Gasteiger partial charge in [0.05, 0.1) is 33.6 Å². The summed E-state index contributed by atoms with van der Waals surface area (Å²) >= 11 is 5.95. The molecule has 0 aliphatic rings. The second-order valence-electron chi connectivity index (χ2n) is 5.62. The molecular formula is C19H21ClN2O5. The van der Waals surface area contributed by atoms with Crippen LogP contribution in [0.5, 0.6) is 17.2 Å². The number of amides is 2. The lowest BCUT2D eigenvalue weighted by atomic mass is 10.1. The van der Waals surface area contributed by atoms with E-state index in [1.165, 1.54) is 33.3 Å². The molecule has 0 aliphatic heterocycles. The highest BCUT2D eigenvalue weighted by atomic mass is 35.5. The number of methoxy groups -OCH3 is 3. The summed E-state index contributed by atoms with van der Waals surface area (Å²) in [4.78, 5) is 26.2. The van der Waals surface area contributed by atoms with Gasteiger partial charge in [-0.25, -0.2) is 0 Å². The summed E-state index contributed by atoms with van der Waals surface area (Å²) in [5.74, 6) is 0.713. The molecule has 2 amide bonds. The number of nitrogens with one attached hydrogen (secondary N) is 1. The van der Waals surface area contributed by atoms with Crippen molar-refractivity contribution >= 4 is 29.1 Å². The highest BCUT2D eigenvalue weighted by Gasteiger charge is 2.18. The van der Waals surface area contributed by atoms with E-state index in [1.807, 2.05) is 0 Å². The first-order valence-corrected chi connectivity index (χ1v) is 8.38. The molecule has 2 rings (SSSR count). The molecule has 144 valence electrons. The lowest BCUT2D eigenvalue weighted by molar-refractivity contribution is -0.116. The van der Waals surface area contributed by atoms with E-state index in [4.69, 9.17) is 25.8 Å². The van der Waals surface area contributed by atoms with E-state index in [-0.39, 0.29) is 18.4 Å². The van der Waals surface area contributed by atoms with Gasteiger partial charge >= 0.3 is 0 Å². The summed E-state index contributed by atoms with van der Waals surface area (Å²) in [6.45, 7) is -0.150. The van der Waals surface area contributed by atoms with Crippen LogP contribution in [0.3, 0.4) is 0 Å². The molecule has 0 heterocycles. The molecule has 0 radical (unpaired) electrons. The van der Waals surface area contributed by atoms with Gasteiger partial charge in [-0.2, -0.15) is 0 Å². The summed E-state index contributed by atoms with van der Waals surface area (Å²) in [5, 5.41) is 3.15. The van der Waals surface area contributed by atoms with Crippen molar-refractivity contribution in [2.75, 3.05) is 40.2 Å². The van der Waals surface area contributed by atoms with Crippen LogP contribution in [0.2, 0.25) is 5.02 Å². The minimum absolute atomic E-state index is 0.150. The van der Waals surface area contributed by atoms with Crippen molar-refractivity contribution in [2.24, 2.45) is 0 Å². The Balaban J connectivity index is 2.08. The Bertz CT molecular complexity index is 841. The first-order chi connectivity index (χ1) is 12.9. The van der Waals surface area contributed by atoms with Gasteiger partial charge in [0.25, 0.3) is 5.91 Å². The monoisotopic (exact) mass is 392 g/mol. The van der Waals surface area contributed by atoms with Crippen molar-refractivity contribution in [1.82, 2.24) is 4.90 Å². The van der Waals surface area contributed by atoms with Crippen molar-refractivity contribution in [3.8, 4) is 17.2 Å². The molecule has 0 atom stereocenters. The van der Waals surface area contributed by atoms with Crippen LogP contribution in [0.15, 0.2) is 36.4 Å². The maximum absolute atomic E-state index is 12.6. The number of rotatable bonds is 7. The summed E-state index contributed by atoms with van der Waals surface area (Å²) in [5.41, 5.74) is 0.810. The fraction of sp³-hybridized carbons (Fsp3) is 0.263. The van der Waals surface area contributed by atoms with Crippen LogP contribution in [0.1, 0.15) is 10.4 Å². The topological polar surface area (TPSA) is 77.1 Å². The van der Waals surface area contributed by atoms with Crippen molar-refractivity contribution in [1.29, 1.82) is 0 Å². The Morgan fingerprint density at radius 3 is 2.22 bits per heavy atom. The molecule has 0 fully saturated rings. The third kappa shape index (κ3) is 5.04. The number of ether oxygens (including phenoxy) is 3. The molecular weight excluding hydrogens is 372 g/mol. The molecule has 1 N–H and O–H groups in total. The van der Waals surface area contributed by atoms with E-state index >= 15 is 0 Å². The fourth-order valence-corrected chi connectivity index (χ4v) is 2.62. The Kier molecular flexibility index (Phi) is 6.90. The molecule has 7 nitrogen and oxygen atoms in total. The van der Waals surface area contributed by atoms with E-state index in [0.717, 1.165) is 0 Å². The van der Waals surface area contributed by atoms with Crippen LogP contribution < -0.4 is 19.5 Å². The van der Waals surface area contributed by atoms with Crippen molar-refractivity contribution in [3.63, 3.8) is 0 Å². The quantitative estimate of drug-likeness (QED) is 0.783. The first kappa shape index (κ1) is 20.4. The summed E-state index contributed by atoms with van der Waals surface area (Å²) in [6.07, 6.45) is 0. The highest BCUT2D eigenvalue weighted by Crippen LogP contribution is 2.29. The lowest BCUT2D eigenvalue weighted by Gasteiger charge is -2.18. The molecule has 8 heteroatoms. The number of likely N-dealkylation sites (N-methyl/N-ethyl adjacent to an activating group) is 1. The Morgan fingerprint density at radius 1 is 0.963 bits per heavy atom. The van der Waals surface area contributed by atoms with E-state index in [9.17, 15) is 9.59 Å². The fourth-order valence-electron chi connectivity index (χ4n) is 2.44. The maximum Gasteiger partial charge on any atom is 0.254 e. The van der Waals surface area contributed by atoms with Gasteiger partial charge in [-0.3, -0.25) is 9.59 Å². The number of carbonyl (C=O) groups is 2. The lowest BCUT2D eigenvalue weighted by Crippen LogP contribution is -2.35. The van der Waals surface area contributed by atoms with E-state index in [2.05, 4.69) is 5.32 Å². The number of hydrogen-bond donors (Lipinski definition) is 1. The molecule has 2 aromatic carbocycles. The van der Waals surface area contributed by atoms with Crippen LogP contribution in [0, 0.1) is 0 Å². The van der Waals surface area contributed by atoms with Gasteiger partial charge in [-0.1, -0.05) is 11.6 Å². The van der Waals surface area contributed by atoms with E-state index < -0.39 is 0 Å². The van der Waals surface area contributed by atoms with Crippen molar-refractivity contribution in [3.05, 3.63) is 47.0 Å². The molecule has 0 spiro atoms. The maximum atomic E-state index is 12.6. The average Bonchev–Trinajstić information content (AvgIpc) is 2.66. The van der Waals surface area contributed by atoms with Gasteiger partial charge in [-0.15, -0.1) is 0 Å².